The lowest BCUT2D eigenvalue weighted by Crippen LogP contribution is -2.37. The van der Waals surface area contributed by atoms with Crippen molar-refractivity contribution in [3.8, 4) is 11.3 Å². The molecule has 0 amide bonds. The first-order chi connectivity index (χ1) is 16.1. The van der Waals surface area contributed by atoms with Gasteiger partial charge in [0.15, 0.2) is 11.4 Å². The van der Waals surface area contributed by atoms with Gasteiger partial charge in [0.2, 0.25) is 0 Å². The van der Waals surface area contributed by atoms with Crippen molar-refractivity contribution in [1.29, 1.82) is 0 Å². The summed E-state index contributed by atoms with van der Waals surface area (Å²) in [7, 11) is 1.33. The Bertz CT molecular complexity index is 1020. The Morgan fingerprint density at radius 1 is 1.41 bits per heavy atom. The second-order valence-corrected chi connectivity index (χ2v) is 7.85. The number of allylic oxidation sites excluding steroid dienone is 4. The van der Waals surface area contributed by atoms with E-state index in [2.05, 4.69) is 21.9 Å². The van der Waals surface area contributed by atoms with Gasteiger partial charge in [0.25, 0.3) is 0 Å². The highest BCUT2D eigenvalue weighted by Crippen LogP contribution is 2.36. The smallest absolute Gasteiger partial charge is 0.309 e. The van der Waals surface area contributed by atoms with E-state index >= 15 is 0 Å². The molecule has 2 N–H and O–H groups in total. The van der Waals surface area contributed by atoms with Gasteiger partial charge in [-0.3, -0.25) is 10.0 Å². The zero-order chi connectivity index (χ0) is 25.7. The molecule has 34 heavy (non-hydrogen) atoms. The maximum absolute atomic E-state index is 11.4. The van der Waals surface area contributed by atoms with Crippen molar-refractivity contribution in [2.75, 3.05) is 25.4 Å². The predicted octanol–water partition coefficient (Wildman–Crippen LogP) is 6.15. The quantitative estimate of drug-likeness (QED) is 0.124. The molecule has 2 aromatic rings. The molecule has 0 aliphatic rings. The molecule has 0 saturated heterocycles. The molecular formula is C23H28Cl3N3O5. The zero-order valence-corrected chi connectivity index (χ0v) is 21.7. The summed E-state index contributed by atoms with van der Waals surface area (Å²) in [5.74, 6) is 0.847. The fourth-order valence-corrected chi connectivity index (χ4v) is 3.06. The number of ether oxygens (including phenoxy) is 2. The summed E-state index contributed by atoms with van der Waals surface area (Å²) in [4.78, 5) is 11.4. The van der Waals surface area contributed by atoms with Crippen molar-refractivity contribution >= 4 is 46.5 Å². The third-order valence-electron chi connectivity index (χ3n) is 4.25. The molecule has 11 heteroatoms. The van der Waals surface area contributed by atoms with Crippen LogP contribution in [0.2, 0.25) is 5.02 Å². The lowest BCUT2D eigenvalue weighted by molar-refractivity contribution is -0.139. The summed E-state index contributed by atoms with van der Waals surface area (Å²) < 4.78 is 15.3. The van der Waals surface area contributed by atoms with Gasteiger partial charge in [0.1, 0.15) is 12.3 Å². The Kier molecular flexibility index (Phi) is 13.4. The molecular weight excluding hydrogens is 505 g/mol. The number of hydrazine groups is 1. The van der Waals surface area contributed by atoms with Crippen molar-refractivity contribution < 1.29 is 24.0 Å². The molecule has 8 nitrogen and oxygen atoms in total. The first kappa shape index (κ1) is 29.5. The number of nitrogens with zero attached hydrogens (tertiary/aromatic N) is 2. The van der Waals surface area contributed by atoms with Crippen LogP contribution in [0.5, 0.6) is 0 Å². The number of nitrogens with one attached hydrogen (secondary N) is 1. The van der Waals surface area contributed by atoms with Crippen LogP contribution in [0.25, 0.3) is 11.3 Å². The second-order valence-electron chi connectivity index (χ2n) is 6.71. The van der Waals surface area contributed by atoms with Crippen LogP contribution in [0.4, 0.5) is 5.69 Å². The fraction of sp³-hybridized carbons (Fsp3) is 0.304. The van der Waals surface area contributed by atoms with Crippen LogP contribution >= 0.6 is 34.8 Å². The summed E-state index contributed by atoms with van der Waals surface area (Å²) in [6.07, 6.45) is 3.47. The monoisotopic (exact) mass is 531 g/mol. The molecule has 0 fully saturated rings. The van der Waals surface area contributed by atoms with E-state index in [1.54, 1.807) is 25.1 Å². The van der Waals surface area contributed by atoms with Crippen molar-refractivity contribution in [1.82, 2.24) is 10.6 Å². The molecule has 0 bridgehead atoms. The number of benzene rings is 1. The zero-order valence-electron chi connectivity index (χ0n) is 19.4. The Morgan fingerprint density at radius 3 is 2.65 bits per heavy atom. The molecule has 0 unspecified atom stereocenters. The minimum absolute atomic E-state index is 0.112. The van der Waals surface area contributed by atoms with Crippen LogP contribution in [0.1, 0.15) is 25.2 Å². The second kappa shape index (κ2) is 15.4. The molecule has 0 atom stereocenters. The number of aromatic nitrogens is 1. The highest BCUT2D eigenvalue weighted by atomic mass is 35.5. The van der Waals surface area contributed by atoms with Crippen molar-refractivity contribution in [2.24, 2.45) is 0 Å². The van der Waals surface area contributed by atoms with E-state index in [-0.39, 0.29) is 12.4 Å². The molecule has 1 aromatic heterocycles. The Morgan fingerprint density at radius 2 is 2.12 bits per heavy atom. The maximum atomic E-state index is 11.4. The van der Waals surface area contributed by atoms with Crippen molar-refractivity contribution in [2.45, 2.75) is 27.2 Å². The number of hydrogen-bond donors (Lipinski definition) is 2. The van der Waals surface area contributed by atoms with E-state index in [1.165, 1.54) is 18.7 Å². The molecule has 0 saturated carbocycles. The Labute approximate surface area is 214 Å². The minimum atomic E-state index is -0.358. The van der Waals surface area contributed by atoms with E-state index in [0.29, 0.717) is 51.5 Å². The van der Waals surface area contributed by atoms with Crippen LogP contribution < -0.4 is 10.6 Å². The predicted molar refractivity (Wildman–Crippen MR) is 135 cm³/mol. The summed E-state index contributed by atoms with van der Waals surface area (Å²) in [5, 5.41) is 16.1. The first-order valence-corrected chi connectivity index (χ1v) is 11.2. The minimum Gasteiger partial charge on any atom is -0.497 e. The van der Waals surface area contributed by atoms with Gasteiger partial charge < -0.3 is 14.0 Å². The lowest BCUT2D eigenvalue weighted by Gasteiger charge is -2.18. The molecule has 186 valence electrons. The normalized spacial score (nSPS) is 11.1. The fourth-order valence-electron chi connectivity index (χ4n) is 2.49. The molecule has 2 rings (SSSR count). The number of rotatable bonds is 10. The molecule has 0 aliphatic heterocycles. The first-order valence-electron chi connectivity index (χ1n) is 10.1. The van der Waals surface area contributed by atoms with Crippen LogP contribution in [-0.2, 0) is 20.7 Å². The van der Waals surface area contributed by atoms with E-state index in [9.17, 15) is 10.0 Å². The van der Waals surface area contributed by atoms with Gasteiger partial charge >= 0.3 is 5.97 Å². The Balaban J connectivity index is 0.000000852. The SMILES string of the molecule is C/C=C(\C)OCCNN(O)c1c(-c2ccc(CC(=O)OC)cc2Cl)noc1C.C=C(Cl)/C=C/Cl. The molecule has 1 aromatic carbocycles. The third-order valence-corrected chi connectivity index (χ3v) is 4.82. The number of aryl methyl sites for hydroxylation is 1. The third kappa shape index (κ3) is 9.79. The average molecular weight is 533 g/mol. The number of carbonyl (C=O) groups excluding carboxylic acids is 1. The van der Waals surface area contributed by atoms with E-state index in [4.69, 9.17) is 44.1 Å². The van der Waals surface area contributed by atoms with Crippen LogP contribution in [0.3, 0.4) is 0 Å². The van der Waals surface area contributed by atoms with Gasteiger partial charge in [-0.15, -0.1) is 0 Å². The molecule has 0 radical (unpaired) electrons. The standard InChI is InChI=1S/C19H24ClN3O5.C4H4Cl2/c1-5-12(2)27-9-8-21-23(25)19-13(3)28-22-18(19)15-7-6-14(10-16(15)20)11-17(24)26-4;1-4(6)2-3-5/h5-7,10,21,25H,8-9,11H2,1-4H3;2-3H,1H2/b12-5+;3-2+. The number of methoxy groups -OCH3 is 1. The number of carbonyl (C=O) groups is 1. The van der Waals surface area contributed by atoms with Gasteiger partial charge in [0.05, 0.1) is 30.9 Å². The van der Waals surface area contributed by atoms with Crippen LogP contribution in [-0.4, -0.2) is 36.6 Å². The average Bonchev–Trinajstić information content (AvgIpc) is 3.17. The number of anilines is 1. The van der Waals surface area contributed by atoms with Gasteiger partial charge in [-0.25, -0.2) is 5.43 Å². The molecule has 0 aliphatic carbocycles. The summed E-state index contributed by atoms with van der Waals surface area (Å²) in [6, 6.07) is 5.12. The van der Waals surface area contributed by atoms with Crippen molar-refractivity contribution in [3.63, 3.8) is 0 Å². The van der Waals surface area contributed by atoms with Crippen LogP contribution in [0.15, 0.2) is 57.8 Å². The number of hydrogen-bond acceptors (Lipinski definition) is 8. The lowest BCUT2D eigenvalue weighted by atomic mass is 10.1. The van der Waals surface area contributed by atoms with Crippen molar-refractivity contribution in [3.05, 3.63) is 69.6 Å². The van der Waals surface area contributed by atoms with Crippen LogP contribution in [0, 0.1) is 6.92 Å². The van der Waals surface area contributed by atoms with E-state index in [1.807, 2.05) is 19.9 Å². The maximum Gasteiger partial charge on any atom is 0.309 e. The van der Waals surface area contributed by atoms with E-state index < -0.39 is 0 Å². The Hall–Kier alpha value is -2.49. The van der Waals surface area contributed by atoms with E-state index in [0.717, 1.165) is 10.9 Å². The number of esters is 1. The highest BCUT2D eigenvalue weighted by molar-refractivity contribution is 6.33. The largest absolute Gasteiger partial charge is 0.497 e. The van der Waals surface area contributed by atoms with Gasteiger partial charge in [0, 0.05) is 16.1 Å². The molecule has 0 spiro atoms. The number of halogens is 3. The molecule has 1 heterocycles. The summed E-state index contributed by atoms with van der Waals surface area (Å²) in [5.41, 5.74) is 6.10. The van der Waals surface area contributed by atoms with Gasteiger partial charge in [-0.05, 0) is 38.5 Å². The summed E-state index contributed by atoms with van der Waals surface area (Å²) >= 11 is 16.7. The highest BCUT2D eigenvalue weighted by Gasteiger charge is 2.22. The van der Waals surface area contributed by atoms with Gasteiger partial charge in [-0.1, -0.05) is 64.7 Å². The topological polar surface area (TPSA) is 97.1 Å². The van der Waals surface area contributed by atoms with Gasteiger partial charge in [-0.2, -0.15) is 5.17 Å². The summed E-state index contributed by atoms with van der Waals surface area (Å²) in [6.45, 7) is 9.48.